The molecule has 0 aliphatic heterocycles. The molecule has 17 heavy (non-hydrogen) atoms. The summed E-state index contributed by atoms with van der Waals surface area (Å²) < 4.78 is 0. The van der Waals surface area contributed by atoms with Crippen molar-refractivity contribution in [2.24, 2.45) is 5.73 Å². The molecule has 2 N–H and O–H groups in total. The highest BCUT2D eigenvalue weighted by Gasteiger charge is 2.23. The highest BCUT2D eigenvalue weighted by Crippen LogP contribution is 2.31. The lowest BCUT2D eigenvalue weighted by Gasteiger charge is -2.26. The summed E-state index contributed by atoms with van der Waals surface area (Å²) >= 11 is 0. The molecule has 0 atom stereocenters. The van der Waals surface area contributed by atoms with Gasteiger partial charge in [-0.3, -0.25) is 0 Å². The monoisotopic (exact) mass is 233 g/mol. The molecule has 0 unspecified atom stereocenters. The van der Waals surface area contributed by atoms with Crippen LogP contribution in [0.1, 0.15) is 63.9 Å². The molecule has 0 aromatic carbocycles. The SMILES string of the molecule is CC(C)(C)c1ccnc(C2CCC(N)CC2)n1. The van der Waals surface area contributed by atoms with Crippen molar-refractivity contribution < 1.29 is 0 Å². The molecular formula is C14H23N3. The highest BCUT2D eigenvalue weighted by atomic mass is 14.9. The van der Waals surface area contributed by atoms with Crippen LogP contribution in [-0.4, -0.2) is 16.0 Å². The van der Waals surface area contributed by atoms with E-state index in [1.807, 2.05) is 12.3 Å². The molecule has 1 aromatic rings. The molecule has 1 heterocycles. The van der Waals surface area contributed by atoms with E-state index in [9.17, 15) is 0 Å². The number of aromatic nitrogens is 2. The molecule has 2 rings (SSSR count). The predicted molar refractivity (Wildman–Crippen MR) is 69.9 cm³/mol. The molecule has 3 nitrogen and oxygen atoms in total. The van der Waals surface area contributed by atoms with Crippen LogP contribution in [0, 0.1) is 0 Å². The standard InChI is InChI=1S/C14H23N3/c1-14(2,3)12-8-9-16-13(17-12)10-4-6-11(15)7-5-10/h8-11H,4-7,15H2,1-3H3. The van der Waals surface area contributed by atoms with E-state index in [1.165, 1.54) is 0 Å². The van der Waals surface area contributed by atoms with E-state index < -0.39 is 0 Å². The fourth-order valence-corrected chi connectivity index (χ4v) is 2.37. The van der Waals surface area contributed by atoms with Gasteiger partial charge in [0.2, 0.25) is 0 Å². The topological polar surface area (TPSA) is 51.8 Å². The van der Waals surface area contributed by atoms with Crippen LogP contribution in [0.5, 0.6) is 0 Å². The van der Waals surface area contributed by atoms with Gasteiger partial charge >= 0.3 is 0 Å². The molecule has 0 bridgehead atoms. The fraction of sp³-hybridized carbons (Fsp3) is 0.714. The Labute approximate surface area is 104 Å². The van der Waals surface area contributed by atoms with Gasteiger partial charge < -0.3 is 5.73 Å². The Kier molecular flexibility index (Phi) is 3.48. The fourth-order valence-electron chi connectivity index (χ4n) is 2.37. The number of hydrogen-bond acceptors (Lipinski definition) is 3. The van der Waals surface area contributed by atoms with Crippen LogP contribution >= 0.6 is 0 Å². The summed E-state index contributed by atoms with van der Waals surface area (Å²) in [5.74, 6) is 1.53. The van der Waals surface area contributed by atoms with Gasteiger partial charge in [0.05, 0.1) is 0 Å². The maximum Gasteiger partial charge on any atom is 0.131 e. The molecule has 1 aromatic heterocycles. The maximum atomic E-state index is 5.93. The van der Waals surface area contributed by atoms with Crippen LogP contribution in [0.3, 0.4) is 0 Å². The van der Waals surface area contributed by atoms with E-state index in [0.29, 0.717) is 12.0 Å². The van der Waals surface area contributed by atoms with E-state index in [2.05, 4.69) is 25.8 Å². The van der Waals surface area contributed by atoms with Crippen LogP contribution in [0.4, 0.5) is 0 Å². The second-order valence-electron chi connectivity index (χ2n) is 6.16. The number of rotatable bonds is 1. The third-order valence-electron chi connectivity index (χ3n) is 3.58. The van der Waals surface area contributed by atoms with Gasteiger partial charge in [0.1, 0.15) is 5.82 Å². The zero-order valence-electron chi connectivity index (χ0n) is 11.1. The zero-order valence-corrected chi connectivity index (χ0v) is 11.1. The third kappa shape index (κ3) is 3.03. The second-order valence-corrected chi connectivity index (χ2v) is 6.16. The Bertz CT molecular complexity index is 373. The average molecular weight is 233 g/mol. The minimum atomic E-state index is 0.1000. The maximum absolute atomic E-state index is 5.93. The third-order valence-corrected chi connectivity index (χ3v) is 3.58. The zero-order chi connectivity index (χ0) is 12.5. The molecule has 0 saturated heterocycles. The average Bonchev–Trinajstić information content (AvgIpc) is 2.29. The molecular weight excluding hydrogens is 210 g/mol. The second kappa shape index (κ2) is 4.73. The van der Waals surface area contributed by atoms with Crippen molar-refractivity contribution in [2.45, 2.75) is 63.8 Å². The summed E-state index contributed by atoms with van der Waals surface area (Å²) in [7, 11) is 0. The van der Waals surface area contributed by atoms with Crippen molar-refractivity contribution in [1.29, 1.82) is 0 Å². The van der Waals surface area contributed by atoms with Crippen molar-refractivity contribution in [2.75, 3.05) is 0 Å². The van der Waals surface area contributed by atoms with Crippen LogP contribution in [0.25, 0.3) is 0 Å². The normalized spacial score (nSPS) is 25.9. The quantitative estimate of drug-likeness (QED) is 0.811. The minimum Gasteiger partial charge on any atom is -0.328 e. The molecule has 1 aliphatic carbocycles. The van der Waals surface area contributed by atoms with Gasteiger partial charge in [0.15, 0.2) is 0 Å². The summed E-state index contributed by atoms with van der Waals surface area (Å²) in [5, 5.41) is 0. The first-order valence-electron chi connectivity index (χ1n) is 6.56. The van der Waals surface area contributed by atoms with E-state index in [1.54, 1.807) is 0 Å². The van der Waals surface area contributed by atoms with Gasteiger partial charge in [-0.15, -0.1) is 0 Å². The molecule has 1 fully saturated rings. The van der Waals surface area contributed by atoms with Gasteiger partial charge in [0.25, 0.3) is 0 Å². The Balaban J connectivity index is 2.16. The Hall–Kier alpha value is -0.960. The molecule has 0 amide bonds. The van der Waals surface area contributed by atoms with Gasteiger partial charge in [-0.2, -0.15) is 0 Å². The smallest absolute Gasteiger partial charge is 0.131 e. The van der Waals surface area contributed by atoms with E-state index in [-0.39, 0.29) is 5.41 Å². The van der Waals surface area contributed by atoms with Crippen LogP contribution in [0.2, 0.25) is 0 Å². The molecule has 3 heteroatoms. The predicted octanol–water partition coefficient (Wildman–Crippen LogP) is 2.76. The first kappa shape index (κ1) is 12.5. The van der Waals surface area contributed by atoms with Crippen LogP contribution in [0.15, 0.2) is 12.3 Å². The first-order chi connectivity index (χ1) is 7.97. The van der Waals surface area contributed by atoms with Crippen molar-refractivity contribution in [3.8, 4) is 0 Å². The Morgan fingerprint density at radius 3 is 2.41 bits per heavy atom. The van der Waals surface area contributed by atoms with Gasteiger partial charge in [-0.1, -0.05) is 20.8 Å². The molecule has 94 valence electrons. The van der Waals surface area contributed by atoms with Gasteiger partial charge in [-0.05, 0) is 31.7 Å². The molecule has 1 saturated carbocycles. The molecule has 0 radical (unpaired) electrons. The summed E-state index contributed by atoms with van der Waals surface area (Å²) in [4.78, 5) is 9.19. The summed E-state index contributed by atoms with van der Waals surface area (Å²) in [6.45, 7) is 6.57. The van der Waals surface area contributed by atoms with E-state index in [4.69, 9.17) is 10.7 Å². The Morgan fingerprint density at radius 1 is 1.18 bits per heavy atom. The molecule has 0 spiro atoms. The summed E-state index contributed by atoms with van der Waals surface area (Å²) in [5.41, 5.74) is 7.17. The highest BCUT2D eigenvalue weighted by molar-refractivity contribution is 5.14. The number of nitrogens with two attached hydrogens (primary N) is 1. The Morgan fingerprint density at radius 2 is 1.82 bits per heavy atom. The number of hydrogen-bond donors (Lipinski definition) is 1. The summed E-state index contributed by atoms with van der Waals surface area (Å²) in [6.07, 6.45) is 6.38. The largest absolute Gasteiger partial charge is 0.328 e. The lowest BCUT2D eigenvalue weighted by molar-refractivity contribution is 0.382. The lowest BCUT2D eigenvalue weighted by Crippen LogP contribution is -2.26. The van der Waals surface area contributed by atoms with Gasteiger partial charge in [-0.25, -0.2) is 9.97 Å². The first-order valence-corrected chi connectivity index (χ1v) is 6.56. The van der Waals surface area contributed by atoms with Crippen molar-refractivity contribution >= 4 is 0 Å². The number of nitrogens with zero attached hydrogens (tertiary/aromatic N) is 2. The van der Waals surface area contributed by atoms with E-state index in [0.717, 1.165) is 37.2 Å². The molecule has 1 aliphatic rings. The van der Waals surface area contributed by atoms with Crippen LogP contribution in [-0.2, 0) is 5.41 Å². The van der Waals surface area contributed by atoms with Gasteiger partial charge in [0, 0.05) is 29.3 Å². The van der Waals surface area contributed by atoms with Crippen molar-refractivity contribution in [1.82, 2.24) is 9.97 Å². The minimum absolute atomic E-state index is 0.1000. The van der Waals surface area contributed by atoms with Crippen molar-refractivity contribution in [3.63, 3.8) is 0 Å². The lowest BCUT2D eigenvalue weighted by atomic mass is 9.85. The van der Waals surface area contributed by atoms with E-state index >= 15 is 0 Å². The van der Waals surface area contributed by atoms with Crippen LogP contribution < -0.4 is 5.73 Å². The van der Waals surface area contributed by atoms with Crippen molar-refractivity contribution in [3.05, 3.63) is 23.8 Å². The summed E-state index contributed by atoms with van der Waals surface area (Å²) in [6, 6.07) is 2.41.